The van der Waals surface area contributed by atoms with Crippen molar-refractivity contribution in [2.45, 2.75) is 131 Å². The summed E-state index contributed by atoms with van der Waals surface area (Å²) in [5.74, 6) is 2.01. The highest BCUT2D eigenvalue weighted by atomic mass is 16.6. The second-order valence-corrected chi connectivity index (χ2v) is 14.2. The third-order valence-corrected chi connectivity index (χ3v) is 12.7. The molecule has 1 unspecified atom stereocenters. The van der Waals surface area contributed by atoms with E-state index < -0.39 is 6.29 Å². The quantitative estimate of drug-likeness (QED) is 0.444. The van der Waals surface area contributed by atoms with Crippen molar-refractivity contribution in [3.8, 4) is 0 Å². The van der Waals surface area contributed by atoms with E-state index in [1.54, 1.807) is 5.57 Å². The minimum Gasteiger partial charge on any atom is -0.393 e. The van der Waals surface area contributed by atoms with Gasteiger partial charge in [0.05, 0.1) is 12.2 Å². The summed E-state index contributed by atoms with van der Waals surface area (Å²) in [6.07, 6.45) is 11.3. The van der Waals surface area contributed by atoms with Crippen LogP contribution in [0.25, 0.3) is 0 Å². The maximum Gasteiger partial charge on any atom is 0.157 e. The summed E-state index contributed by atoms with van der Waals surface area (Å²) in [4.78, 5) is 0. The van der Waals surface area contributed by atoms with E-state index in [1.165, 1.54) is 38.5 Å². The normalized spacial score (nSPS) is 52.6. The molecule has 3 fully saturated rings. The number of rotatable bonds is 2. The van der Waals surface area contributed by atoms with Gasteiger partial charge in [-0.25, -0.2) is 0 Å². The lowest BCUT2D eigenvalue weighted by Gasteiger charge is -2.62. The van der Waals surface area contributed by atoms with Crippen molar-refractivity contribution >= 4 is 0 Å². The molecule has 4 aliphatic carbocycles. The Bertz CT molecular complexity index is 815. The monoisotopic (exact) mass is 458 g/mol. The average Bonchev–Trinajstić information content (AvgIpc) is 3.04. The lowest BCUT2D eigenvalue weighted by atomic mass is 9.43. The van der Waals surface area contributed by atoms with Gasteiger partial charge >= 0.3 is 0 Å². The second-order valence-electron chi connectivity index (χ2n) is 14.2. The van der Waals surface area contributed by atoms with E-state index in [0.717, 1.165) is 25.7 Å². The van der Waals surface area contributed by atoms with E-state index in [1.807, 2.05) is 5.57 Å². The van der Waals surface area contributed by atoms with Gasteiger partial charge in [-0.3, -0.25) is 0 Å². The molecule has 0 aromatic heterocycles. The maximum absolute atomic E-state index is 10.8. The van der Waals surface area contributed by atoms with Crippen LogP contribution >= 0.6 is 0 Å². The molecular formula is C30H50O3. The van der Waals surface area contributed by atoms with Gasteiger partial charge in [0.15, 0.2) is 6.29 Å². The van der Waals surface area contributed by atoms with Crippen LogP contribution in [0, 0.1) is 45.3 Å². The van der Waals surface area contributed by atoms with Gasteiger partial charge in [0, 0.05) is 5.92 Å². The van der Waals surface area contributed by atoms with Gasteiger partial charge in [-0.1, -0.05) is 59.6 Å². The van der Waals surface area contributed by atoms with E-state index in [4.69, 9.17) is 4.74 Å². The summed E-state index contributed by atoms with van der Waals surface area (Å²) in [5.41, 5.74) is 4.48. The number of ether oxygens (including phenoxy) is 1. The van der Waals surface area contributed by atoms with Crippen LogP contribution < -0.4 is 0 Å². The summed E-state index contributed by atoms with van der Waals surface area (Å²) in [7, 11) is 0. The molecule has 3 nitrogen and oxygen atoms in total. The smallest absolute Gasteiger partial charge is 0.157 e. The Morgan fingerprint density at radius 3 is 2.27 bits per heavy atom. The molecule has 1 heterocycles. The summed E-state index contributed by atoms with van der Waals surface area (Å²) in [6, 6.07) is 0. The molecule has 2 saturated carbocycles. The number of allylic oxidation sites excluding steroid dienone is 2. The molecule has 0 aromatic carbocycles. The predicted octanol–water partition coefficient (Wildman–Crippen LogP) is 6.87. The van der Waals surface area contributed by atoms with Gasteiger partial charge in [0.2, 0.25) is 0 Å². The van der Waals surface area contributed by atoms with Crippen molar-refractivity contribution < 1.29 is 14.9 Å². The minimum atomic E-state index is -0.590. The number of fused-ring (bicyclic) bond motifs is 4. The van der Waals surface area contributed by atoms with Crippen molar-refractivity contribution in [2.75, 3.05) is 0 Å². The summed E-state index contributed by atoms with van der Waals surface area (Å²) >= 11 is 0. The van der Waals surface area contributed by atoms with E-state index >= 15 is 0 Å². The molecule has 0 radical (unpaired) electrons. The van der Waals surface area contributed by atoms with Crippen LogP contribution in [0.4, 0.5) is 0 Å². The zero-order chi connectivity index (χ0) is 24.0. The van der Waals surface area contributed by atoms with Gasteiger partial charge in [-0.2, -0.15) is 0 Å². The molecular weight excluding hydrogens is 408 g/mol. The van der Waals surface area contributed by atoms with Gasteiger partial charge < -0.3 is 14.9 Å². The lowest BCUT2D eigenvalue weighted by molar-refractivity contribution is -0.209. The summed E-state index contributed by atoms with van der Waals surface area (Å²) < 4.78 is 6.18. The molecule has 5 aliphatic rings. The zero-order valence-electron chi connectivity index (χ0n) is 22.4. The van der Waals surface area contributed by atoms with Crippen LogP contribution in [0.2, 0.25) is 0 Å². The Morgan fingerprint density at radius 1 is 0.848 bits per heavy atom. The molecule has 10 atom stereocenters. The highest BCUT2D eigenvalue weighted by Gasteiger charge is 2.63. The Hall–Kier alpha value is -0.380. The molecule has 33 heavy (non-hydrogen) atoms. The zero-order valence-corrected chi connectivity index (χ0v) is 22.4. The standard InChI is InChI=1S/C30H50O3/c1-18-8-10-23(33-26(18)32)19(2)20-12-16-30(7)22-9-11-24-27(3,4)25(31)14-15-28(24,5)21(22)13-17-29(20,30)6/h18-20,23-26,31-32H,8-17H2,1-7H3/t18-,19-,20+,23-,24?,25+,26-,28+,29+,30-/m0/s1. The molecule has 5 rings (SSSR count). The molecule has 0 aromatic rings. The largest absolute Gasteiger partial charge is 0.393 e. The Labute approximate surface area is 202 Å². The van der Waals surface area contributed by atoms with Crippen LogP contribution in [0.1, 0.15) is 113 Å². The van der Waals surface area contributed by atoms with Gasteiger partial charge in [-0.05, 0) is 104 Å². The number of aliphatic hydroxyl groups excluding tert-OH is 2. The highest BCUT2D eigenvalue weighted by Crippen LogP contribution is 2.72. The Kier molecular flexibility index (Phi) is 5.75. The lowest BCUT2D eigenvalue weighted by Crippen LogP contribution is -2.55. The molecule has 0 spiro atoms. The molecule has 3 heteroatoms. The van der Waals surface area contributed by atoms with Crippen LogP contribution in [0.5, 0.6) is 0 Å². The summed E-state index contributed by atoms with van der Waals surface area (Å²) in [6.45, 7) is 17.0. The number of aliphatic hydroxyl groups is 2. The van der Waals surface area contributed by atoms with Gasteiger partial charge in [0.1, 0.15) is 0 Å². The predicted molar refractivity (Wildman–Crippen MR) is 133 cm³/mol. The maximum atomic E-state index is 10.8. The molecule has 1 aliphatic heterocycles. The van der Waals surface area contributed by atoms with Crippen LogP contribution in [-0.4, -0.2) is 28.7 Å². The van der Waals surface area contributed by atoms with Crippen molar-refractivity contribution in [1.82, 2.24) is 0 Å². The van der Waals surface area contributed by atoms with E-state index in [2.05, 4.69) is 48.5 Å². The minimum absolute atomic E-state index is 0.0101. The van der Waals surface area contributed by atoms with Crippen molar-refractivity contribution in [3.05, 3.63) is 11.1 Å². The third-order valence-electron chi connectivity index (χ3n) is 12.7. The second kappa shape index (κ2) is 7.81. The third kappa shape index (κ3) is 3.23. The number of hydrogen-bond donors (Lipinski definition) is 2. The number of hydrogen-bond acceptors (Lipinski definition) is 3. The fourth-order valence-corrected chi connectivity index (χ4v) is 10.2. The Balaban J connectivity index is 1.46. The van der Waals surface area contributed by atoms with Crippen molar-refractivity contribution in [3.63, 3.8) is 0 Å². The highest BCUT2D eigenvalue weighted by molar-refractivity contribution is 5.38. The van der Waals surface area contributed by atoms with E-state index in [9.17, 15) is 10.2 Å². The van der Waals surface area contributed by atoms with Crippen LogP contribution in [-0.2, 0) is 4.74 Å². The van der Waals surface area contributed by atoms with Gasteiger partial charge in [-0.15, -0.1) is 0 Å². The van der Waals surface area contributed by atoms with Crippen LogP contribution in [0.3, 0.4) is 0 Å². The molecule has 1 saturated heterocycles. The molecule has 0 bridgehead atoms. The topological polar surface area (TPSA) is 49.7 Å². The first kappa shape index (κ1) is 24.3. The van der Waals surface area contributed by atoms with E-state index in [-0.39, 0.29) is 34.4 Å². The first-order valence-corrected chi connectivity index (χ1v) is 14.1. The molecule has 188 valence electrons. The summed E-state index contributed by atoms with van der Waals surface area (Å²) in [5, 5.41) is 21.2. The fourth-order valence-electron chi connectivity index (χ4n) is 10.2. The SMILES string of the molecule is C[C@H]([C@@H]1CC[C@H](C)[C@@H](O)O1)[C@H]1CC[C@@]2(C)C3=C(CC[C@]12C)[C@@]1(C)CC[C@@H](O)C(C)(C)C1CC3. The van der Waals surface area contributed by atoms with Gasteiger partial charge in [0.25, 0.3) is 0 Å². The van der Waals surface area contributed by atoms with Crippen LogP contribution in [0.15, 0.2) is 11.1 Å². The fraction of sp³-hybridized carbons (Fsp3) is 0.933. The first-order valence-electron chi connectivity index (χ1n) is 14.1. The van der Waals surface area contributed by atoms with E-state index in [0.29, 0.717) is 23.2 Å². The van der Waals surface area contributed by atoms with Crippen molar-refractivity contribution in [2.24, 2.45) is 45.3 Å². The van der Waals surface area contributed by atoms with Crippen molar-refractivity contribution in [1.29, 1.82) is 0 Å². The Morgan fingerprint density at radius 2 is 1.58 bits per heavy atom. The average molecular weight is 459 g/mol. The molecule has 0 amide bonds. The first-order chi connectivity index (χ1) is 15.4. The molecule has 2 N–H and O–H groups in total.